The van der Waals surface area contributed by atoms with Gasteiger partial charge in [0.25, 0.3) is 0 Å². The highest BCUT2D eigenvalue weighted by Gasteiger charge is 2.43. The van der Waals surface area contributed by atoms with E-state index in [1.807, 2.05) is 11.3 Å². The van der Waals surface area contributed by atoms with Crippen molar-refractivity contribution in [1.29, 1.82) is 0 Å². The van der Waals surface area contributed by atoms with E-state index in [9.17, 15) is 0 Å². The lowest BCUT2D eigenvalue weighted by Gasteiger charge is -2.42. The molecule has 2 N–H and O–H groups in total. The Morgan fingerprint density at radius 1 is 1.33 bits per heavy atom. The minimum atomic E-state index is 0.0590. The predicted molar refractivity (Wildman–Crippen MR) is 75.0 cm³/mol. The molecule has 0 bridgehead atoms. The highest BCUT2D eigenvalue weighted by Crippen LogP contribution is 2.43. The van der Waals surface area contributed by atoms with Crippen LogP contribution in [-0.2, 0) is 16.7 Å². The first-order valence-electron chi connectivity index (χ1n) is 6.18. The smallest absolute Gasteiger partial charge is 0.0765 e. The largest absolute Gasteiger partial charge is 0.379 e. The normalized spacial score (nSPS) is 17.4. The monoisotopic (exact) mass is 259 g/mol. The van der Waals surface area contributed by atoms with Gasteiger partial charge in [-0.15, -0.1) is 11.3 Å². The molecule has 0 unspecified atom stereocenters. The second-order valence-electron chi connectivity index (χ2n) is 4.91. The molecule has 1 aliphatic rings. The summed E-state index contributed by atoms with van der Waals surface area (Å²) in [6, 6.07) is 10.8. The van der Waals surface area contributed by atoms with Crippen molar-refractivity contribution in [1.82, 2.24) is 0 Å². The zero-order chi connectivity index (χ0) is 12.6. The summed E-state index contributed by atoms with van der Waals surface area (Å²) in [5, 5.41) is 2.16. The van der Waals surface area contributed by atoms with Crippen LogP contribution in [0, 0.1) is 6.92 Å². The molecular weight excluding hydrogens is 242 g/mol. The van der Waals surface area contributed by atoms with Gasteiger partial charge in [0.2, 0.25) is 0 Å². The average molecular weight is 259 g/mol. The van der Waals surface area contributed by atoms with Crippen LogP contribution in [0.3, 0.4) is 0 Å². The van der Waals surface area contributed by atoms with Crippen molar-refractivity contribution in [3.05, 3.63) is 57.3 Å². The Labute approximate surface area is 111 Å². The third-order valence-corrected chi connectivity index (χ3v) is 4.93. The van der Waals surface area contributed by atoms with E-state index < -0.39 is 0 Å². The molecule has 0 spiro atoms. The summed E-state index contributed by atoms with van der Waals surface area (Å²) in [6.45, 7) is 4.33. The lowest BCUT2D eigenvalue weighted by Crippen LogP contribution is -2.47. The van der Waals surface area contributed by atoms with Gasteiger partial charge >= 0.3 is 0 Å². The third-order valence-electron chi connectivity index (χ3n) is 3.71. The Morgan fingerprint density at radius 2 is 2.17 bits per heavy atom. The van der Waals surface area contributed by atoms with Crippen LogP contribution >= 0.6 is 11.3 Å². The Bertz CT molecular complexity index is 557. The van der Waals surface area contributed by atoms with Gasteiger partial charge in [-0.25, -0.2) is 0 Å². The van der Waals surface area contributed by atoms with Gasteiger partial charge in [-0.3, -0.25) is 0 Å². The van der Waals surface area contributed by atoms with E-state index in [1.54, 1.807) is 0 Å². The van der Waals surface area contributed by atoms with E-state index in [2.05, 4.69) is 42.6 Å². The van der Waals surface area contributed by atoms with Crippen LogP contribution in [0.25, 0.3) is 0 Å². The van der Waals surface area contributed by atoms with Crippen LogP contribution in [0.5, 0.6) is 0 Å². The summed E-state index contributed by atoms with van der Waals surface area (Å²) >= 11 is 1.83. The molecule has 3 heteroatoms. The highest BCUT2D eigenvalue weighted by molar-refractivity contribution is 7.10. The van der Waals surface area contributed by atoms with Crippen molar-refractivity contribution in [2.24, 2.45) is 5.73 Å². The number of hydrogen-bond acceptors (Lipinski definition) is 3. The molecule has 2 aromatic rings. The van der Waals surface area contributed by atoms with Gasteiger partial charge in [-0.2, -0.15) is 0 Å². The zero-order valence-electron chi connectivity index (χ0n) is 10.5. The Hall–Kier alpha value is -1.16. The Morgan fingerprint density at radius 3 is 2.72 bits per heavy atom. The molecule has 0 amide bonds. The number of hydrogen-bond donors (Lipinski definition) is 1. The van der Waals surface area contributed by atoms with Crippen LogP contribution in [0.4, 0.5) is 0 Å². The van der Waals surface area contributed by atoms with Crippen LogP contribution in [0.2, 0.25) is 0 Å². The summed E-state index contributed by atoms with van der Waals surface area (Å²) in [5.74, 6) is 0. The van der Waals surface area contributed by atoms with Crippen molar-refractivity contribution in [3.8, 4) is 0 Å². The molecule has 1 aromatic carbocycles. The summed E-state index contributed by atoms with van der Waals surface area (Å²) in [4.78, 5) is 1.43. The zero-order valence-corrected chi connectivity index (χ0v) is 11.3. The number of nitrogens with two attached hydrogens (primary N) is 1. The van der Waals surface area contributed by atoms with Gasteiger partial charge < -0.3 is 10.5 Å². The second-order valence-corrected chi connectivity index (χ2v) is 5.83. The lowest BCUT2D eigenvalue weighted by atomic mass is 9.75. The lowest BCUT2D eigenvalue weighted by molar-refractivity contribution is -0.0365. The number of aryl methyl sites for hydroxylation is 1. The van der Waals surface area contributed by atoms with E-state index in [0.717, 1.165) is 13.2 Å². The van der Waals surface area contributed by atoms with Gasteiger partial charge in [0.05, 0.1) is 18.6 Å². The van der Waals surface area contributed by atoms with Gasteiger partial charge in [0.1, 0.15) is 0 Å². The molecule has 3 rings (SSSR count). The fraction of sp³-hybridized carbons (Fsp3) is 0.333. The number of ether oxygens (including phenoxy) is 1. The van der Waals surface area contributed by atoms with Gasteiger partial charge in [0, 0.05) is 11.4 Å². The first-order valence-corrected chi connectivity index (χ1v) is 7.06. The molecule has 1 aliphatic heterocycles. The first kappa shape index (κ1) is 11.9. The quantitative estimate of drug-likeness (QED) is 0.920. The summed E-state index contributed by atoms with van der Waals surface area (Å²) in [6.07, 6.45) is 0. The average Bonchev–Trinajstić information content (AvgIpc) is 2.75. The van der Waals surface area contributed by atoms with E-state index in [0.29, 0.717) is 6.54 Å². The molecule has 18 heavy (non-hydrogen) atoms. The number of benzene rings is 1. The van der Waals surface area contributed by atoms with Crippen molar-refractivity contribution in [2.75, 3.05) is 13.2 Å². The Kier molecular flexibility index (Phi) is 2.98. The highest BCUT2D eigenvalue weighted by atomic mass is 32.1. The second kappa shape index (κ2) is 4.50. The van der Waals surface area contributed by atoms with Crippen molar-refractivity contribution in [3.63, 3.8) is 0 Å². The molecule has 1 fully saturated rings. The van der Waals surface area contributed by atoms with Crippen LogP contribution < -0.4 is 5.73 Å². The standard InChI is InChI=1S/C15H17NOS/c1-11-5-6-18-14(11)15(9-17-10-15)13-4-2-3-12(7-13)8-16/h2-7H,8-10,16H2,1H3. The fourth-order valence-corrected chi connectivity index (χ4v) is 3.72. The van der Waals surface area contributed by atoms with E-state index in [4.69, 9.17) is 10.5 Å². The minimum absolute atomic E-state index is 0.0590. The van der Waals surface area contributed by atoms with Crippen molar-refractivity contribution < 1.29 is 4.74 Å². The SMILES string of the molecule is Cc1ccsc1C1(c2cccc(CN)c2)COC1. The van der Waals surface area contributed by atoms with E-state index in [1.165, 1.54) is 21.6 Å². The molecule has 2 heterocycles. The van der Waals surface area contributed by atoms with Gasteiger partial charge in [0.15, 0.2) is 0 Å². The van der Waals surface area contributed by atoms with Crippen molar-refractivity contribution in [2.45, 2.75) is 18.9 Å². The maximum absolute atomic E-state index is 5.74. The summed E-state index contributed by atoms with van der Waals surface area (Å²) in [5.41, 5.74) is 9.69. The molecule has 2 nitrogen and oxygen atoms in total. The summed E-state index contributed by atoms with van der Waals surface area (Å²) in [7, 11) is 0. The third kappa shape index (κ3) is 1.70. The number of thiophene rings is 1. The molecule has 1 saturated heterocycles. The first-order chi connectivity index (χ1) is 8.76. The molecular formula is C15H17NOS. The van der Waals surface area contributed by atoms with Crippen LogP contribution in [-0.4, -0.2) is 13.2 Å². The fourth-order valence-electron chi connectivity index (χ4n) is 2.59. The van der Waals surface area contributed by atoms with E-state index in [-0.39, 0.29) is 5.41 Å². The van der Waals surface area contributed by atoms with Crippen LogP contribution in [0.15, 0.2) is 35.7 Å². The predicted octanol–water partition coefficient (Wildman–Crippen LogP) is 2.83. The topological polar surface area (TPSA) is 35.2 Å². The van der Waals surface area contributed by atoms with E-state index >= 15 is 0 Å². The Balaban J connectivity index is 2.09. The molecule has 0 atom stereocenters. The minimum Gasteiger partial charge on any atom is -0.379 e. The van der Waals surface area contributed by atoms with Crippen molar-refractivity contribution >= 4 is 11.3 Å². The van der Waals surface area contributed by atoms with Crippen LogP contribution in [0.1, 0.15) is 21.6 Å². The molecule has 0 aliphatic carbocycles. The molecule has 94 valence electrons. The number of rotatable bonds is 3. The summed E-state index contributed by atoms with van der Waals surface area (Å²) < 4.78 is 5.52. The molecule has 0 saturated carbocycles. The maximum atomic E-state index is 5.74. The van der Waals surface area contributed by atoms with Gasteiger partial charge in [-0.1, -0.05) is 24.3 Å². The van der Waals surface area contributed by atoms with Gasteiger partial charge in [-0.05, 0) is 35.1 Å². The molecule has 1 aromatic heterocycles. The maximum Gasteiger partial charge on any atom is 0.0765 e. The molecule has 0 radical (unpaired) electrons.